The number of nitrogens with zero attached hydrogens (tertiary/aromatic N) is 1. The minimum Gasteiger partial charge on any atom is -0.467 e. The Hall–Kier alpha value is -3.19. The van der Waals surface area contributed by atoms with Gasteiger partial charge in [-0.1, -0.05) is 24.3 Å². The van der Waals surface area contributed by atoms with E-state index in [9.17, 15) is 14.9 Å². The smallest absolute Gasteiger partial charge is 0.270 e. The van der Waals surface area contributed by atoms with Gasteiger partial charge in [-0.3, -0.25) is 14.9 Å². The Bertz CT molecular complexity index is 892. The number of fused-ring (bicyclic) bond motifs is 1. The van der Waals surface area contributed by atoms with Gasteiger partial charge in [0.1, 0.15) is 5.75 Å². The van der Waals surface area contributed by atoms with Crippen LogP contribution in [0.5, 0.6) is 5.75 Å². The van der Waals surface area contributed by atoms with Crippen LogP contribution in [0.4, 0.5) is 5.69 Å². The van der Waals surface area contributed by atoms with Crippen molar-refractivity contribution in [3.05, 3.63) is 74.8 Å². The van der Waals surface area contributed by atoms with Gasteiger partial charge in [0.2, 0.25) is 5.91 Å². The van der Waals surface area contributed by atoms with Gasteiger partial charge in [0.05, 0.1) is 11.5 Å². The van der Waals surface area contributed by atoms with Crippen molar-refractivity contribution in [3.63, 3.8) is 0 Å². The van der Waals surface area contributed by atoms with Gasteiger partial charge in [-0.25, -0.2) is 0 Å². The molecule has 0 spiro atoms. The molecule has 0 saturated carbocycles. The Balaban J connectivity index is 1.66. The van der Waals surface area contributed by atoms with Crippen LogP contribution in [0.15, 0.2) is 42.5 Å². The number of nitrogens with one attached hydrogen (secondary N) is 1. The number of rotatable bonds is 6. The van der Waals surface area contributed by atoms with E-state index < -0.39 is 4.92 Å². The van der Waals surface area contributed by atoms with Crippen LogP contribution in [0, 0.1) is 17.0 Å². The normalized spacial score (nSPS) is 13.1. The number of amides is 1. The molecule has 7 heteroatoms. The third kappa shape index (κ3) is 4.71. The van der Waals surface area contributed by atoms with Gasteiger partial charge >= 0.3 is 0 Å². The van der Waals surface area contributed by atoms with Crippen molar-refractivity contribution in [1.29, 1.82) is 0 Å². The summed E-state index contributed by atoms with van der Waals surface area (Å²) in [5.41, 5.74) is 3.38. The standard InChI is InChI=1S/C20H20N2O5/c1-14-4-2-3-5-15(14)8-9-21-19(23)7-6-16-10-18(22(24)25)11-17-12-26-13-27-20(16)17/h2-7,10-11H,8-9,12-13H2,1H3,(H,21,23)/b7-6+. The summed E-state index contributed by atoms with van der Waals surface area (Å²) in [4.78, 5) is 22.7. The Kier molecular flexibility index (Phi) is 5.83. The van der Waals surface area contributed by atoms with Crippen molar-refractivity contribution in [1.82, 2.24) is 5.32 Å². The van der Waals surface area contributed by atoms with E-state index in [4.69, 9.17) is 9.47 Å². The first-order valence-corrected chi connectivity index (χ1v) is 8.57. The number of carbonyl (C=O) groups is 1. The predicted octanol–water partition coefficient (Wildman–Crippen LogP) is 3.14. The zero-order valence-corrected chi connectivity index (χ0v) is 14.9. The van der Waals surface area contributed by atoms with Crippen LogP contribution in [-0.2, 0) is 22.6 Å². The summed E-state index contributed by atoms with van der Waals surface area (Å²) in [5, 5.41) is 13.9. The lowest BCUT2D eigenvalue weighted by molar-refractivity contribution is -0.385. The molecule has 27 heavy (non-hydrogen) atoms. The number of hydrogen-bond acceptors (Lipinski definition) is 5. The molecule has 2 aromatic rings. The lowest BCUT2D eigenvalue weighted by atomic mass is 10.1. The first-order valence-electron chi connectivity index (χ1n) is 8.57. The molecule has 140 valence electrons. The van der Waals surface area contributed by atoms with Crippen LogP contribution < -0.4 is 10.1 Å². The number of hydrogen-bond donors (Lipinski definition) is 1. The summed E-state index contributed by atoms with van der Waals surface area (Å²) in [6.07, 6.45) is 3.62. The molecule has 0 bridgehead atoms. The third-order valence-electron chi connectivity index (χ3n) is 4.30. The van der Waals surface area contributed by atoms with Gasteiger partial charge in [0, 0.05) is 35.9 Å². The molecule has 0 unspecified atom stereocenters. The summed E-state index contributed by atoms with van der Waals surface area (Å²) in [6, 6.07) is 10.8. The van der Waals surface area contributed by atoms with Gasteiger partial charge in [-0.05, 0) is 30.5 Å². The molecular weight excluding hydrogens is 348 g/mol. The number of aryl methyl sites for hydroxylation is 1. The van der Waals surface area contributed by atoms with Crippen LogP contribution >= 0.6 is 0 Å². The molecule has 1 amide bonds. The molecule has 1 N–H and O–H groups in total. The monoisotopic (exact) mass is 368 g/mol. The largest absolute Gasteiger partial charge is 0.467 e. The highest BCUT2D eigenvalue weighted by atomic mass is 16.7. The molecular formula is C20H20N2O5. The van der Waals surface area contributed by atoms with Crippen molar-refractivity contribution in [2.75, 3.05) is 13.3 Å². The Morgan fingerprint density at radius 1 is 1.33 bits per heavy atom. The average Bonchev–Trinajstić information content (AvgIpc) is 2.67. The minimum atomic E-state index is -0.478. The number of non-ortho nitro benzene ring substituents is 1. The van der Waals surface area contributed by atoms with E-state index in [1.54, 1.807) is 0 Å². The van der Waals surface area contributed by atoms with Crippen molar-refractivity contribution < 1.29 is 19.2 Å². The topological polar surface area (TPSA) is 90.7 Å². The Labute approximate surface area is 156 Å². The maximum atomic E-state index is 12.1. The molecule has 0 fully saturated rings. The highest BCUT2D eigenvalue weighted by molar-refractivity contribution is 5.92. The predicted molar refractivity (Wildman–Crippen MR) is 100 cm³/mol. The first kappa shape index (κ1) is 18.6. The second-order valence-electron chi connectivity index (χ2n) is 6.19. The van der Waals surface area contributed by atoms with E-state index >= 15 is 0 Å². The minimum absolute atomic E-state index is 0.0672. The SMILES string of the molecule is Cc1ccccc1CCNC(=O)/C=C/c1cc([N+](=O)[O-])cc2c1OCOC2. The molecule has 1 aliphatic rings. The van der Waals surface area contributed by atoms with Gasteiger partial charge in [-0.15, -0.1) is 0 Å². The number of benzene rings is 2. The molecule has 2 aromatic carbocycles. The fourth-order valence-corrected chi connectivity index (χ4v) is 2.90. The van der Waals surface area contributed by atoms with Crippen LogP contribution in [-0.4, -0.2) is 24.2 Å². The number of carbonyl (C=O) groups excluding carboxylic acids is 1. The Morgan fingerprint density at radius 3 is 2.93 bits per heavy atom. The first-order chi connectivity index (χ1) is 13.0. The summed E-state index contributed by atoms with van der Waals surface area (Å²) < 4.78 is 10.6. The molecule has 0 saturated heterocycles. The molecule has 1 heterocycles. The van der Waals surface area contributed by atoms with E-state index in [2.05, 4.69) is 5.32 Å². The second kappa shape index (κ2) is 8.46. The van der Waals surface area contributed by atoms with Gasteiger partial charge in [0.15, 0.2) is 6.79 Å². The van der Waals surface area contributed by atoms with Gasteiger partial charge < -0.3 is 14.8 Å². The van der Waals surface area contributed by atoms with E-state index in [1.165, 1.54) is 35.4 Å². The molecule has 0 atom stereocenters. The maximum Gasteiger partial charge on any atom is 0.270 e. The Morgan fingerprint density at radius 2 is 2.15 bits per heavy atom. The van der Waals surface area contributed by atoms with Crippen molar-refractivity contribution in [3.8, 4) is 5.75 Å². The average molecular weight is 368 g/mol. The molecule has 7 nitrogen and oxygen atoms in total. The zero-order valence-electron chi connectivity index (χ0n) is 14.9. The van der Waals surface area contributed by atoms with Crippen LogP contribution in [0.1, 0.15) is 22.3 Å². The molecule has 3 rings (SSSR count). The fraction of sp³-hybridized carbons (Fsp3) is 0.250. The van der Waals surface area contributed by atoms with Crippen LogP contribution in [0.3, 0.4) is 0 Å². The molecule has 1 aliphatic heterocycles. The third-order valence-corrected chi connectivity index (χ3v) is 4.30. The molecule has 0 radical (unpaired) electrons. The second-order valence-corrected chi connectivity index (χ2v) is 6.19. The maximum absolute atomic E-state index is 12.1. The van der Waals surface area contributed by atoms with Crippen molar-refractivity contribution in [2.24, 2.45) is 0 Å². The lowest BCUT2D eigenvalue weighted by Crippen LogP contribution is -2.23. The summed E-state index contributed by atoms with van der Waals surface area (Å²) in [5.74, 6) is 0.242. The molecule has 0 aromatic heterocycles. The highest BCUT2D eigenvalue weighted by Crippen LogP contribution is 2.33. The summed E-state index contributed by atoms with van der Waals surface area (Å²) in [6.45, 7) is 2.85. The van der Waals surface area contributed by atoms with E-state index in [-0.39, 0.29) is 25.0 Å². The van der Waals surface area contributed by atoms with Crippen molar-refractivity contribution >= 4 is 17.7 Å². The number of ether oxygens (including phenoxy) is 2. The van der Waals surface area contributed by atoms with Crippen LogP contribution in [0.25, 0.3) is 6.08 Å². The van der Waals surface area contributed by atoms with Crippen molar-refractivity contribution in [2.45, 2.75) is 20.0 Å². The van der Waals surface area contributed by atoms with E-state index in [0.717, 1.165) is 6.42 Å². The van der Waals surface area contributed by atoms with Gasteiger partial charge in [-0.2, -0.15) is 0 Å². The van der Waals surface area contributed by atoms with Gasteiger partial charge in [0.25, 0.3) is 5.69 Å². The fourth-order valence-electron chi connectivity index (χ4n) is 2.90. The summed E-state index contributed by atoms with van der Waals surface area (Å²) >= 11 is 0. The number of nitro groups is 1. The highest BCUT2D eigenvalue weighted by Gasteiger charge is 2.19. The lowest BCUT2D eigenvalue weighted by Gasteiger charge is -2.19. The molecule has 0 aliphatic carbocycles. The number of nitro benzene ring substituents is 1. The summed E-state index contributed by atoms with van der Waals surface area (Å²) in [7, 11) is 0. The van der Waals surface area contributed by atoms with E-state index in [0.29, 0.717) is 23.4 Å². The zero-order chi connectivity index (χ0) is 19.2. The van der Waals surface area contributed by atoms with Crippen LogP contribution in [0.2, 0.25) is 0 Å². The van der Waals surface area contributed by atoms with E-state index in [1.807, 2.05) is 31.2 Å². The quantitative estimate of drug-likeness (QED) is 0.480.